The second kappa shape index (κ2) is 8.93. The highest BCUT2D eigenvalue weighted by Crippen LogP contribution is 2.38. The Labute approximate surface area is 162 Å². The zero-order valence-corrected chi connectivity index (χ0v) is 16.6. The summed E-state index contributed by atoms with van der Waals surface area (Å²) in [6, 6.07) is 4.62. The summed E-state index contributed by atoms with van der Waals surface area (Å²) in [7, 11) is -3.97. The van der Waals surface area contributed by atoms with Crippen LogP contribution in [-0.4, -0.2) is 60.2 Å². The monoisotopic (exact) mass is 416 g/mol. The molecule has 7 nitrogen and oxygen atoms in total. The molecule has 0 aliphatic carbocycles. The predicted octanol–water partition coefficient (Wildman–Crippen LogP) is 1.43. The lowest BCUT2D eigenvalue weighted by Gasteiger charge is -2.43. The van der Waals surface area contributed by atoms with Crippen LogP contribution in [0.3, 0.4) is 0 Å². The molecule has 0 saturated carbocycles. The number of rotatable bonds is 5. The lowest BCUT2D eigenvalue weighted by molar-refractivity contribution is -0.134. The Kier molecular flexibility index (Phi) is 7.11. The van der Waals surface area contributed by atoms with Gasteiger partial charge in [0.25, 0.3) is 5.91 Å². The largest absolute Gasteiger partial charge is 0.481 e. The minimum Gasteiger partial charge on any atom is -0.481 e. The SMILES string of the molecule is CC1(C)SCCN(S(=O)(=O)c2ccc(OCC#CCF)cc2)[C@H]1C(=O)NO. The lowest BCUT2D eigenvalue weighted by atomic mass is 10.0. The van der Waals surface area contributed by atoms with E-state index in [2.05, 4.69) is 11.8 Å². The van der Waals surface area contributed by atoms with Crippen molar-refractivity contribution in [3.8, 4) is 17.6 Å². The molecule has 0 bridgehead atoms. The van der Waals surface area contributed by atoms with Crippen molar-refractivity contribution in [2.75, 3.05) is 25.6 Å². The van der Waals surface area contributed by atoms with E-state index in [1.165, 1.54) is 36.0 Å². The highest BCUT2D eigenvalue weighted by Gasteiger charge is 2.48. The zero-order chi connectivity index (χ0) is 20.1. The van der Waals surface area contributed by atoms with Crippen LogP contribution < -0.4 is 10.2 Å². The van der Waals surface area contributed by atoms with Gasteiger partial charge in [-0.15, -0.1) is 0 Å². The average Bonchev–Trinajstić information content (AvgIpc) is 2.64. The number of amides is 1. The molecule has 0 spiro atoms. The van der Waals surface area contributed by atoms with Gasteiger partial charge in [-0.3, -0.25) is 10.0 Å². The van der Waals surface area contributed by atoms with Gasteiger partial charge in [-0.05, 0) is 38.1 Å². The maximum atomic E-state index is 13.1. The zero-order valence-electron chi connectivity index (χ0n) is 14.9. The molecule has 10 heteroatoms. The van der Waals surface area contributed by atoms with Crippen LogP contribution in [0.15, 0.2) is 29.2 Å². The van der Waals surface area contributed by atoms with E-state index >= 15 is 0 Å². The van der Waals surface area contributed by atoms with Crippen LogP contribution >= 0.6 is 11.8 Å². The Balaban J connectivity index is 2.26. The number of hydrogen-bond acceptors (Lipinski definition) is 6. The van der Waals surface area contributed by atoms with Crippen molar-refractivity contribution >= 4 is 27.7 Å². The third-order valence-corrected chi connectivity index (χ3v) is 7.26. The second-order valence-corrected chi connectivity index (χ2v) is 9.83. The number of benzene rings is 1. The fraction of sp³-hybridized carbons (Fsp3) is 0.471. The first-order valence-electron chi connectivity index (χ1n) is 8.08. The molecule has 0 radical (unpaired) electrons. The molecule has 1 atom stereocenters. The molecule has 1 aromatic carbocycles. The van der Waals surface area contributed by atoms with Crippen LogP contribution in [0, 0.1) is 11.8 Å². The summed E-state index contributed by atoms with van der Waals surface area (Å²) >= 11 is 1.47. The first kappa shape index (κ1) is 21.5. The van der Waals surface area contributed by atoms with Crippen molar-refractivity contribution in [2.45, 2.75) is 29.5 Å². The summed E-state index contributed by atoms with van der Waals surface area (Å²) < 4.78 is 43.7. The van der Waals surface area contributed by atoms with E-state index in [0.717, 1.165) is 4.31 Å². The van der Waals surface area contributed by atoms with Gasteiger partial charge in [0.1, 0.15) is 25.1 Å². The quantitative estimate of drug-likeness (QED) is 0.428. The van der Waals surface area contributed by atoms with Gasteiger partial charge in [0.05, 0.1) is 4.90 Å². The van der Waals surface area contributed by atoms with Crippen molar-refractivity contribution in [3.05, 3.63) is 24.3 Å². The van der Waals surface area contributed by atoms with E-state index in [1.54, 1.807) is 19.3 Å². The number of thioether (sulfide) groups is 1. The molecule has 1 fully saturated rings. The maximum Gasteiger partial charge on any atom is 0.263 e. The van der Waals surface area contributed by atoms with Gasteiger partial charge in [-0.1, -0.05) is 11.8 Å². The molecule has 1 aliphatic heterocycles. The van der Waals surface area contributed by atoms with E-state index in [1.807, 2.05) is 0 Å². The molecule has 1 heterocycles. The molecular formula is C17H21FN2O5S2. The van der Waals surface area contributed by atoms with Crippen LogP contribution in [-0.2, 0) is 14.8 Å². The highest BCUT2D eigenvalue weighted by molar-refractivity contribution is 8.00. The van der Waals surface area contributed by atoms with Gasteiger partial charge in [-0.25, -0.2) is 18.3 Å². The Bertz CT molecular complexity index is 831. The van der Waals surface area contributed by atoms with E-state index in [-0.39, 0.29) is 18.0 Å². The van der Waals surface area contributed by atoms with Gasteiger partial charge >= 0.3 is 0 Å². The number of sulfonamides is 1. The number of carbonyl (C=O) groups excluding carboxylic acids is 1. The fourth-order valence-electron chi connectivity index (χ4n) is 2.78. The third kappa shape index (κ3) is 4.93. The average molecular weight is 416 g/mol. The normalized spacial score (nSPS) is 19.6. The number of hydroxylamine groups is 1. The Morgan fingerprint density at radius 2 is 2.07 bits per heavy atom. The lowest BCUT2D eigenvalue weighted by Crippen LogP contribution is -2.61. The molecule has 1 amide bonds. The van der Waals surface area contributed by atoms with Crippen LogP contribution in [0.2, 0.25) is 0 Å². The van der Waals surface area contributed by atoms with Crippen molar-refractivity contribution in [1.82, 2.24) is 9.79 Å². The van der Waals surface area contributed by atoms with Crippen LogP contribution in [0.4, 0.5) is 4.39 Å². The standard InChI is InChI=1S/C17H21FN2O5S2/c1-17(2)15(16(21)19-22)20(10-12-26-17)27(23,24)14-7-5-13(6-8-14)25-11-4-3-9-18/h5-8,15,22H,9-12H2,1-2H3,(H,19,21)/t15-/m0/s1. The first-order chi connectivity index (χ1) is 12.7. The minimum atomic E-state index is -3.97. The van der Waals surface area contributed by atoms with Gasteiger partial charge in [0.2, 0.25) is 10.0 Å². The van der Waals surface area contributed by atoms with Gasteiger partial charge < -0.3 is 4.74 Å². The predicted molar refractivity (Wildman–Crippen MR) is 99.8 cm³/mol. The number of alkyl halides is 1. The van der Waals surface area contributed by atoms with Crippen LogP contribution in [0.25, 0.3) is 0 Å². The van der Waals surface area contributed by atoms with Crippen molar-refractivity contribution in [1.29, 1.82) is 0 Å². The number of nitrogens with one attached hydrogen (secondary N) is 1. The van der Waals surface area contributed by atoms with Gasteiger partial charge in [0, 0.05) is 17.0 Å². The molecule has 1 saturated heterocycles. The first-order valence-corrected chi connectivity index (χ1v) is 10.5. The minimum absolute atomic E-state index is 0.00290. The Morgan fingerprint density at radius 1 is 1.41 bits per heavy atom. The molecular weight excluding hydrogens is 395 g/mol. The van der Waals surface area contributed by atoms with Gasteiger partial charge in [-0.2, -0.15) is 16.1 Å². The molecule has 27 heavy (non-hydrogen) atoms. The molecule has 148 valence electrons. The number of hydrogen-bond donors (Lipinski definition) is 2. The van der Waals surface area contributed by atoms with Gasteiger partial charge in [0.15, 0.2) is 0 Å². The molecule has 0 unspecified atom stereocenters. The maximum absolute atomic E-state index is 13.1. The Morgan fingerprint density at radius 3 is 2.67 bits per heavy atom. The topological polar surface area (TPSA) is 95.9 Å². The van der Waals surface area contributed by atoms with E-state index < -0.39 is 33.4 Å². The number of ether oxygens (including phenoxy) is 1. The summed E-state index contributed by atoms with van der Waals surface area (Å²) in [6.07, 6.45) is 0. The van der Waals surface area contributed by atoms with E-state index in [4.69, 9.17) is 9.94 Å². The number of carbonyl (C=O) groups is 1. The van der Waals surface area contributed by atoms with Crippen LogP contribution in [0.1, 0.15) is 13.8 Å². The van der Waals surface area contributed by atoms with Crippen molar-refractivity contribution in [3.63, 3.8) is 0 Å². The number of halogens is 1. The van der Waals surface area contributed by atoms with Crippen molar-refractivity contribution in [2.24, 2.45) is 0 Å². The fourth-order valence-corrected chi connectivity index (χ4v) is 5.89. The van der Waals surface area contributed by atoms with E-state index in [0.29, 0.717) is 11.5 Å². The third-order valence-electron chi connectivity index (χ3n) is 4.02. The van der Waals surface area contributed by atoms with E-state index in [9.17, 15) is 17.6 Å². The smallest absolute Gasteiger partial charge is 0.263 e. The highest BCUT2D eigenvalue weighted by atomic mass is 32.2. The summed E-state index contributed by atoms with van der Waals surface area (Å²) in [6.45, 7) is 2.90. The summed E-state index contributed by atoms with van der Waals surface area (Å²) in [5, 5.41) is 9.05. The molecule has 0 aromatic heterocycles. The van der Waals surface area contributed by atoms with Crippen molar-refractivity contribution < 1.29 is 27.5 Å². The Hall–Kier alpha value is -1.80. The number of nitrogens with zero attached hydrogens (tertiary/aromatic N) is 1. The molecule has 2 N–H and O–H groups in total. The molecule has 1 aliphatic rings. The van der Waals surface area contributed by atoms with Crippen LogP contribution in [0.5, 0.6) is 5.75 Å². The molecule has 1 aromatic rings. The summed E-state index contributed by atoms with van der Waals surface area (Å²) in [5.41, 5.74) is 1.57. The second-order valence-electron chi connectivity index (χ2n) is 6.19. The summed E-state index contributed by atoms with van der Waals surface area (Å²) in [4.78, 5) is 12.2. The summed E-state index contributed by atoms with van der Waals surface area (Å²) in [5.74, 6) is 4.83. The molecule has 2 rings (SSSR count).